The molecule has 1 amide bonds. The maximum atomic E-state index is 11.9. The summed E-state index contributed by atoms with van der Waals surface area (Å²) in [5.41, 5.74) is 0.774. The molecule has 1 aromatic carbocycles. The Bertz CT molecular complexity index is 719. The third-order valence-corrected chi connectivity index (χ3v) is 3.48. The molecule has 0 aliphatic carbocycles. The Balaban J connectivity index is 2.35. The van der Waals surface area contributed by atoms with Crippen LogP contribution >= 0.6 is 0 Å². The van der Waals surface area contributed by atoms with Gasteiger partial charge in [-0.25, -0.2) is 13.6 Å². The number of primary sulfonamides is 1. The van der Waals surface area contributed by atoms with Crippen LogP contribution in [0.1, 0.15) is 16.1 Å². The van der Waals surface area contributed by atoms with Crippen molar-refractivity contribution in [1.29, 1.82) is 0 Å². The van der Waals surface area contributed by atoms with Crippen LogP contribution in [0.25, 0.3) is 0 Å². The molecule has 19 heavy (non-hydrogen) atoms. The van der Waals surface area contributed by atoms with E-state index < -0.39 is 15.9 Å². The summed E-state index contributed by atoms with van der Waals surface area (Å²) in [6.45, 7) is 1.71. The minimum absolute atomic E-state index is 0.116. The van der Waals surface area contributed by atoms with E-state index in [4.69, 9.17) is 9.56 Å². The Hall–Kier alpha value is -2.12. The number of anilines is 1. The van der Waals surface area contributed by atoms with Crippen LogP contribution < -0.4 is 10.5 Å². The van der Waals surface area contributed by atoms with E-state index in [0.717, 1.165) is 0 Å². The average molecular weight is 280 g/mol. The van der Waals surface area contributed by atoms with Gasteiger partial charge >= 0.3 is 0 Å². The highest BCUT2D eigenvalue weighted by molar-refractivity contribution is 7.89. The zero-order chi connectivity index (χ0) is 14.0. The summed E-state index contributed by atoms with van der Waals surface area (Å²) in [4.78, 5) is 11.8. The zero-order valence-electron chi connectivity index (χ0n) is 10.1. The Labute approximate surface area is 110 Å². The van der Waals surface area contributed by atoms with Crippen LogP contribution in [0, 0.1) is 6.92 Å². The van der Waals surface area contributed by atoms with Crippen molar-refractivity contribution in [2.24, 2.45) is 5.14 Å². The van der Waals surface area contributed by atoms with Crippen LogP contribution in [0.15, 0.2) is 45.9 Å². The molecule has 0 aliphatic heterocycles. The topological polar surface area (TPSA) is 102 Å². The number of carbonyl (C=O) groups excluding carboxylic acids is 1. The van der Waals surface area contributed by atoms with Crippen molar-refractivity contribution >= 4 is 21.6 Å². The largest absolute Gasteiger partial charge is 0.459 e. The highest BCUT2D eigenvalue weighted by Gasteiger charge is 2.18. The highest BCUT2D eigenvalue weighted by Crippen LogP contribution is 2.20. The van der Waals surface area contributed by atoms with E-state index in [-0.39, 0.29) is 16.3 Å². The van der Waals surface area contributed by atoms with Gasteiger partial charge in [0.05, 0.1) is 12.0 Å². The lowest BCUT2D eigenvalue weighted by Gasteiger charge is -2.08. The van der Waals surface area contributed by atoms with Crippen LogP contribution in [-0.2, 0) is 10.0 Å². The fraction of sp³-hybridized carbons (Fsp3) is 0.0833. The molecule has 6 nitrogen and oxygen atoms in total. The molecule has 1 aromatic heterocycles. The van der Waals surface area contributed by atoms with Crippen molar-refractivity contribution in [1.82, 2.24) is 0 Å². The molecule has 1 heterocycles. The maximum absolute atomic E-state index is 11.9. The molecular weight excluding hydrogens is 268 g/mol. The van der Waals surface area contributed by atoms with E-state index in [9.17, 15) is 13.2 Å². The van der Waals surface area contributed by atoms with Gasteiger partial charge in [0, 0.05) is 5.56 Å². The molecule has 0 unspecified atom stereocenters. The van der Waals surface area contributed by atoms with Crippen molar-refractivity contribution in [2.75, 3.05) is 5.32 Å². The van der Waals surface area contributed by atoms with Gasteiger partial charge in [0.2, 0.25) is 10.0 Å². The number of furan rings is 1. The number of sulfonamides is 1. The van der Waals surface area contributed by atoms with Crippen LogP contribution in [0.2, 0.25) is 0 Å². The second-order valence-electron chi connectivity index (χ2n) is 3.93. The Morgan fingerprint density at radius 3 is 2.53 bits per heavy atom. The van der Waals surface area contributed by atoms with E-state index in [1.165, 1.54) is 24.5 Å². The molecule has 0 fully saturated rings. The number of carbonyl (C=O) groups is 1. The lowest BCUT2D eigenvalue weighted by atomic mass is 10.2. The predicted molar refractivity (Wildman–Crippen MR) is 69.2 cm³/mol. The SMILES string of the molecule is Cc1ccoc1C(=O)Nc1ccccc1S(N)(=O)=O. The van der Waals surface area contributed by atoms with E-state index in [1.807, 2.05) is 0 Å². The van der Waals surface area contributed by atoms with Crippen LogP contribution in [0.3, 0.4) is 0 Å². The number of hydrogen-bond acceptors (Lipinski definition) is 4. The molecule has 0 spiro atoms. The zero-order valence-corrected chi connectivity index (χ0v) is 10.9. The summed E-state index contributed by atoms with van der Waals surface area (Å²) in [6.07, 6.45) is 1.38. The first-order valence-corrected chi connectivity index (χ1v) is 6.91. The van der Waals surface area contributed by atoms with Crippen LogP contribution in [0.4, 0.5) is 5.69 Å². The van der Waals surface area contributed by atoms with Gasteiger partial charge in [0.25, 0.3) is 5.91 Å². The number of amides is 1. The first kappa shape index (κ1) is 13.3. The van der Waals surface area contributed by atoms with Crippen LogP contribution in [-0.4, -0.2) is 14.3 Å². The number of hydrogen-bond donors (Lipinski definition) is 2. The standard InChI is InChI=1S/C12H12N2O4S/c1-8-6-7-18-11(8)12(15)14-9-4-2-3-5-10(9)19(13,16)17/h2-7H,1H3,(H,14,15)(H2,13,16,17). The van der Waals surface area contributed by atoms with Crippen molar-refractivity contribution in [2.45, 2.75) is 11.8 Å². The number of nitrogens with two attached hydrogens (primary N) is 1. The van der Waals surface area contributed by atoms with E-state index in [0.29, 0.717) is 5.56 Å². The molecule has 2 rings (SSSR count). The molecule has 0 saturated carbocycles. The monoisotopic (exact) mass is 280 g/mol. The molecule has 3 N–H and O–H groups in total. The molecule has 0 aliphatic rings. The van der Waals surface area contributed by atoms with Gasteiger partial charge in [-0.3, -0.25) is 4.79 Å². The van der Waals surface area contributed by atoms with E-state index in [1.54, 1.807) is 19.1 Å². The first-order valence-electron chi connectivity index (χ1n) is 5.37. The fourth-order valence-electron chi connectivity index (χ4n) is 1.60. The summed E-state index contributed by atoms with van der Waals surface area (Å²) in [6, 6.07) is 7.53. The average Bonchev–Trinajstić information content (AvgIpc) is 2.75. The van der Waals surface area contributed by atoms with Gasteiger partial charge < -0.3 is 9.73 Å². The van der Waals surface area contributed by atoms with Crippen LogP contribution in [0.5, 0.6) is 0 Å². The summed E-state index contributed by atoms with van der Waals surface area (Å²) in [5, 5.41) is 7.55. The van der Waals surface area contributed by atoms with Gasteiger partial charge in [-0.1, -0.05) is 12.1 Å². The van der Waals surface area contributed by atoms with Gasteiger partial charge in [-0.2, -0.15) is 0 Å². The number of benzene rings is 1. The molecule has 0 saturated heterocycles. The van der Waals surface area contributed by atoms with Gasteiger partial charge in [0.1, 0.15) is 4.90 Å². The van der Waals surface area contributed by atoms with E-state index in [2.05, 4.69) is 5.32 Å². The van der Waals surface area contributed by atoms with Crippen molar-refractivity contribution in [3.05, 3.63) is 47.9 Å². The lowest BCUT2D eigenvalue weighted by molar-refractivity contribution is 0.0995. The number of rotatable bonds is 3. The highest BCUT2D eigenvalue weighted by atomic mass is 32.2. The second kappa shape index (κ2) is 4.87. The minimum atomic E-state index is -3.90. The molecule has 0 atom stereocenters. The van der Waals surface area contributed by atoms with E-state index >= 15 is 0 Å². The Morgan fingerprint density at radius 1 is 1.26 bits per heavy atom. The molecular formula is C12H12N2O4S. The molecule has 0 bridgehead atoms. The summed E-state index contributed by atoms with van der Waals surface area (Å²) >= 11 is 0. The lowest BCUT2D eigenvalue weighted by Crippen LogP contribution is -2.18. The first-order chi connectivity index (χ1) is 8.89. The third kappa shape index (κ3) is 2.83. The van der Waals surface area contributed by atoms with Crippen molar-refractivity contribution < 1.29 is 17.6 Å². The Morgan fingerprint density at radius 2 is 1.95 bits per heavy atom. The molecule has 7 heteroatoms. The number of para-hydroxylation sites is 1. The van der Waals surface area contributed by atoms with Gasteiger partial charge in [-0.15, -0.1) is 0 Å². The molecule has 0 radical (unpaired) electrons. The quantitative estimate of drug-likeness (QED) is 0.889. The fourth-order valence-corrected chi connectivity index (χ4v) is 2.30. The van der Waals surface area contributed by atoms with Gasteiger partial charge in [0.15, 0.2) is 5.76 Å². The van der Waals surface area contributed by atoms with Crippen molar-refractivity contribution in [3.63, 3.8) is 0 Å². The van der Waals surface area contributed by atoms with Crippen molar-refractivity contribution in [3.8, 4) is 0 Å². The molecule has 100 valence electrons. The summed E-state index contributed by atoms with van der Waals surface area (Å²) < 4.78 is 27.8. The van der Waals surface area contributed by atoms with Gasteiger partial charge in [-0.05, 0) is 25.1 Å². The smallest absolute Gasteiger partial charge is 0.291 e. The maximum Gasteiger partial charge on any atom is 0.291 e. The Kier molecular flexibility index (Phi) is 3.41. The summed E-state index contributed by atoms with van der Waals surface area (Å²) in [7, 11) is -3.90. The number of aryl methyl sites for hydroxylation is 1. The third-order valence-electron chi connectivity index (χ3n) is 2.51. The summed E-state index contributed by atoms with van der Waals surface area (Å²) in [5.74, 6) is -0.400. The molecule has 2 aromatic rings. The predicted octanol–water partition coefficient (Wildman–Crippen LogP) is 1.49. The number of nitrogens with one attached hydrogen (secondary N) is 1. The minimum Gasteiger partial charge on any atom is -0.459 e. The second-order valence-corrected chi connectivity index (χ2v) is 5.46. The normalized spacial score (nSPS) is 11.3.